The normalized spacial score (nSPS) is 8.92. The molecule has 3 heteroatoms. The molecule has 62 valence electrons. The van der Waals surface area contributed by atoms with Gasteiger partial charge in [0.2, 0.25) is 0 Å². The van der Waals surface area contributed by atoms with Crippen LogP contribution in [0.5, 0.6) is 0 Å². The molecule has 0 N–H and O–H groups in total. The van der Waals surface area contributed by atoms with Crippen molar-refractivity contribution in [3.8, 4) is 11.8 Å². The van der Waals surface area contributed by atoms with Gasteiger partial charge in [0.15, 0.2) is 0 Å². The molecule has 0 aliphatic rings. The summed E-state index contributed by atoms with van der Waals surface area (Å²) < 4.78 is 25.6. The monoisotopic (exact) mass is 184 g/mol. The van der Waals surface area contributed by atoms with Crippen LogP contribution in [0.15, 0.2) is 18.2 Å². The highest BCUT2D eigenvalue weighted by Gasteiger charge is 2.03. The van der Waals surface area contributed by atoms with Gasteiger partial charge in [-0.1, -0.05) is 17.9 Å². The lowest BCUT2D eigenvalue weighted by molar-refractivity contribution is 0.577. The van der Waals surface area contributed by atoms with Crippen molar-refractivity contribution in [3.05, 3.63) is 35.4 Å². The van der Waals surface area contributed by atoms with E-state index in [1.54, 1.807) is 0 Å². The molecular weight excluding hydrogens is 178 g/mol. The summed E-state index contributed by atoms with van der Waals surface area (Å²) in [4.78, 5) is 0. The second-order valence-corrected chi connectivity index (χ2v) is 2.37. The summed E-state index contributed by atoms with van der Waals surface area (Å²) in [5.74, 6) is 3.85. The number of rotatable bonds is 0. The first-order valence-corrected chi connectivity index (χ1v) is 3.92. The van der Waals surface area contributed by atoms with Gasteiger partial charge in [-0.25, -0.2) is 8.78 Å². The van der Waals surface area contributed by atoms with E-state index < -0.39 is 11.6 Å². The summed E-state index contributed by atoms with van der Waals surface area (Å²) in [5, 5.41) is 0. The largest absolute Gasteiger partial charge is 0.206 e. The van der Waals surface area contributed by atoms with E-state index in [0.717, 1.165) is 0 Å². The first kappa shape index (κ1) is 9.08. The van der Waals surface area contributed by atoms with E-state index >= 15 is 0 Å². The molecule has 0 amide bonds. The van der Waals surface area contributed by atoms with E-state index in [1.807, 2.05) is 0 Å². The van der Waals surface area contributed by atoms with Crippen molar-refractivity contribution in [2.24, 2.45) is 0 Å². The van der Waals surface area contributed by atoms with E-state index in [4.69, 9.17) is 0 Å². The maximum Gasteiger partial charge on any atom is 0.141 e. The minimum Gasteiger partial charge on any atom is -0.206 e. The van der Waals surface area contributed by atoms with Crippen LogP contribution in [0.1, 0.15) is 5.56 Å². The highest BCUT2D eigenvalue weighted by atomic mass is 32.1. The summed E-state index contributed by atoms with van der Waals surface area (Å²) in [7, 11) is 0. The zero-order valence-corrected chi connectivity index (χ0v) is 7.04. The fourth-order valence-corrected chi connectivity index (χ4v) is 0.824. The first-order valence-electron chi connectivity index (χ1n) is 3.29. The third kappa shape index (κ3) is 1.99. The Hall–Kier alpha value is -1.01. The van der Waals surface area contributed by atoms with Crippen LogP contribution in [-0.2, 0) is 0 Å². The number of thiol groups is 1. The van der Waals surface area contributed by atoms with Crippen molar-refractivity contribution in [2.75, 3.05) is 5.75 Å². The summed E-state index contributed by atoms with van der Waals surface area (Å²) in [5.41, 5.74) is -0.188. The Kier molecular flexibility index (Phi) is 3.12. The molecule has 0 bridgehead atoms. The molecule has 0 nitrogen and oxygen atoms in total. The topological polar surface area (TPSA) is 0 Å². The molecule has 0 atom stereocenters. The highest BCUT2D eigenvalue weighted by Crippen LogP contribution is 2.09. The average Bonchev–Trinajstić information content (AvgIpc) is 2.04. The molecule has 1 rings (SSSR count). The third-order valence-corrected chi connectivity index (χ3v) is 1.41. The van der Waals surface area contributed by atoms with Crippen LogP contribution in [0.3, 0.4) is 0 Å². The molecule has 0 aromatic heterocycles. The van der Waals surface area contributed by atoms with Crippen molar-refractivity contribution < 1.29 is 8.78 Å². The number of halogens is 2. The van der Waals surface area contributed by atoms with Gasteiger partial charge in [-0.2, -0.15) is 12.6 Å². The molecule has 1 aromatic carbocycles. The molecule has 12 heavy (non-hydrogen) atoms. The second-order valence-electron chi connectivity index (χ2n) is 2.06. The first-order chi connectivity index (χ1) is 5.75. The molecule has 0 heterocycles. The van der Waals surface area contributed by atoms with Gasteiger partial charge in [-0.15, -0.1) is 0 Å². The van der Waals surface area contributed by atoms with Crippen molar-refractivity contribution in [1.82, 2.24) is 0 Å². The van der Waals surface area contributed by atoms with Gasteiger partial charge < -0.3 is 0 Å². The van der Waals surface area contributed by atoms with Gasteiger partial charge in [-0.05, 0) is 12.1 Å². The molecule has 0 aliphatic heterocycles. The van der Waals surface area contributed by atoms with Gasteiger partial charge in [0, 0.05) is 0 Å². The lowest BCUT2D eigenvalue weighted by atomic mass is 10.2. The van der Waals surface area contributed by atoms with Crippen LogP contribution < -0.4 is 0 Å². The SMILES string of the molecule is Fc1cccc(F)c1C#CCS. The van der Waals surface area contributed by atoms with Gasteiger partial charge in [0.25, 0.3) is 0 Å². The second kappa shape index (κ2) is 4.13. The van der Waals surface area contributed by atoms with E-state index in [0.29, 0.717) is 0 Å². The predicted molar refractivity (Wildman–Crippen MR) is 47.1 cm³/mol. The van der Waals surface area contributed by atoms with Crippen LogP contribution in [0.4, 0.5) is 8.78 Å². The summed E-state index contributed by atoms with van der Waals surface area (Å²) in [6, 6.07) is 3.65. The minimum atomic E-state index is -0.635. The lowest BCUT2D eigenvalue weighted by Crippen LogP contribution is -1.88. The van der Waals surface area contributed by atoms with E-state index in [9.17, 15) is 8.78 Å². The van der Waals surface area contributed by atoms with Crippen LogP contribution in [0.25, 0.3) is 0 Å². The maximum absolute atomic E-state index is 12.8. The molecule has 0 aliphatic carbocycles. The standard InChI is InChI=1S/C9H6F2S/c10-8-4-1-5-9(11)7(8)3-2-6-12/h1,4-5,12H,6H2. The predicted octanol–water partition coefficient (Wildman–Crippen LogP) is 2.25. The Morgan fingerprint density at radius 2 is 1.83 bits per heavy atom. The van der Waals surface area contributed by atoms with E-state index in [1.165, 1.54) is 18.2 Å². The van der Waals surface area contributed by atoms with Crippen molar-refractivity contribution in [2.45, 2.75) is 0 Å². The minimum absolute atomic E-state index is 0.188. The van der Waals surface area contributed by atoms with Gasteiger partial charge in [0.1, 0.15) is 11.6 Å². The molecule has 0 radical (unpaired) electrons. The van der Waals surface area contributed by atoms with Crippen LogP contribution in [0, 0.1) is 23.5 Å². The maximum atomic E-state index is 12.8. The number of hydrogen-bond donors (Lipinski definition) is 1. The number of hydrogen-bond acceptors (Lipinski definition) is 1. The van der Waals surface area contributed by atoms with Gasteiger partial charge >= 0.3 is 0 Å². The molecule has 0 spiro atoms. The molecule has 1 aromatic rings. The van der Waals surface area contributed by atoms with E-state index in [-0.39, 0.29) is 11.3 Å². The van der Waals surface area contributed by atoms with Crippen molar-refractivity contribution >= 4 is 12.6 Å². The Labute approximate surface area is 75.0 Å². The van der Waals surface area contributed by atoms with Crippen molar-refractivity contribution in [3.63, 3.8) is 0 Å². The van der Waals surface area contributed by atoms with Crippen molar-refractivity contribution in [1.29, 1.82) is 0 Å². The molecule has 0 fully saturated rings. The molecule has 0 saturated heterocycles. The van der Waals surface area contributed by atoms with Gasteiger partial charge in [-0.3, -0.25) is 0 Å². The lowest BCUT2D eigenvalue weighted by Gasteiger charge is -1.94. The van der Waals surface area contributed by atoms with E-state index in [2.05, 4.69) is 24.5 Å². The molecule has 0 unspecified atom stereocenters. The summed E-state index contributed by atoms with van der Waals surface area (Å²) >= 11 is 3.80. The van der Waals surface area contributed by atoms with Gasteiger partial charge in [0.05, 0.1) is 11.3 Å². The zero-order chi connectivity index (χ0) is 8.97. The Balaban J connectivity index is 3.13. The smallest absolute Gasteiger partial charge is 0.141 e. The highest BCUT2D eigenvalue weighted by molar-refractivity contribution is 7.80. The zero-order valence-electron chi connectivity index (χ0n) is 6.14. The molecule has 0 saturated carbocycles. The fraction of sp³-hybridized carbons (Fsp3) is 0.111. The Morgan fingerprint density at radius 3 is 2.33 bits per heavy atom. The average molecular weight is 184 g/mol. The summed E-state index contributed by atoms with van der Waals surface area (Å²) in [6.45, 7) is 0. The Bertz CT molecular complexity index is 316. The fourth-order valence-electron chi connectivity index (χ4n) is 0.745. The van der Waals surface area contributed by atoms with Crippen LogP contribution in [0.2, 0.25) is 0 Å². The van der Waals surface area contributed by atoms with Crippen LogP contribution in [-0.4, -0.2) is 5.75 Å². The Morgan fingerprint density at radius 1 is 1.25 bits per heavy atom. The summed E-state index contributed by atoms with van der Waals surface area (Å²) in [6.07, 6.45) is 0. The number of benzene rings is 1. The van der Waals surface area contributed by atoms with Crippen LogP contribution >= 0.6 is 12.6 Å². The quantitative estimate of drug-likeness (QED) is 0.464. The molecular formula is C9H6F2S. The third-order valence-electron chi connectivity index (χ3n) is 1.26.